The quantitative estimate of drug-likeness (QED) is 0.752. The van der Waals surface area contributed by atoms with Crippen LogP contribution < -0.4 is 5.32 Å². The van der Waals surface area contributed by atoms with E-state index in [0.717, 1.165) is 12.0 Å². The second kappa shape index (κ2) is 7.53. The smallest absolute Gasteiger partial charge is 0.0195 e. The van der Waals surface area contributed by atoms with E-state index in [9.17, 15) is 0 Å². The van der Waals surface area contributed by atoms with Crippen LogP contribution >= 0.6 is 11.8 Å². The fourth-order valence-corrected chi connectivity index (χ4v) is 3.05. The lowest BCUT2D eigenvalue weighted by Crippen LogP contribution is -2.51. The van der Waals surface area contributed by atoms with Gasteiger partial charge in [-0.1, -0.05) is 20.3 Å². The van der Waals surface area contributed by atoms with Gasteiger partial charge in [0.1, 0.15) is 0 Å². The minimum absolute atomic E-state index is 0.741. The maximum atomic E-state index is 3.61. The van der Waals surface area contributed by atoms with Crippen molar-refractivity contribution in [1.29, 1.82) is 0 Å². The third-order valence-electron chi connectivity index (χ3n) is 3.00. The number of nitrogens with zero attached hydrogens (tertiary/aromatic N) is 1. The van der Waals surface area contributed by atoms with Gasteiger partial charge in [0.05, 0.1) is 0 Å². The topological polar surface area (TPSA) is 15.3 Å². The van der Waals surface area contributed by atoms with Crippen molar-refractivity contribution in [2.45, 2.75) is 32.7 Å². The fraction of sp³-hybridized carbons (Fsp3) is 1.00. The standard InChI is InChI=1S/C12H26N2S/c1-4-5-12-9-14(7-6-13-12)8-11(2)10-15-3/h11-13H,4-10H2,1-3H3. The van der Waals surface area contributed by atoms with Crippen LogP contribution in [0.4, 0.5) is 0 Å². The Bertz CT molecular complexity index is 160. The molecule has 90 valence electrons. The molecule has 15 heavy (non-hydrogen) atoms. The Morgan fingerprint density at radius 1 is 1.53 bits per heavy atom. The second-order valence-corrected chi connectivity index (χ2v) is 5.67. The van der Waals surface area contributed by atoms with E-state index in [0.29, 0.717) is 0 Å². The Balaban J connectivity index is 2.23. The van der Waals surface area contributed by atoms with E-state index in [1.807, 2.05) is 11.8 Å². The Morgan fingerprint density at radius 3 is 3.00 bits per heavy atom. The normalized spacial score (nSPS) is 25.4. The van der Waals surface area contributed by atoms with E-state index in [2.05, 4.69) is 30.3 Å². The highest BCUT2D eigenvalue weighted by Crippen LogP contribution is 2.10. The van der Waals surface area contributed by atoms with Crippen molar-refractivity contribution < 1.29 is 0 Å². The summed E-state index contributed by atoms with van der Waals surface area (Å²) in [7, 11) is 0. The summed E-state index contributed by atoms with van der Waals surface area (Å²) < 4.78 is 0. The van der Waals surface area contributed by atoms with Crippen LogP contribution in [0.3, 0.4) is 0 Å². The summed E-state index contributed by atoms with van der Waals surface area (Å²) in [6.07, 6.45) is 4.83. The zero-order valence-electron chi connectivity index (χ0n) is 10.5. The lowest BCUT2D eigenvalue weighted by Gasteiger charge is -2.35. The highest BCUT2D eigenvalue weighted by molar-refractivity contribution is 7.98. The first-order valence-corrected chi connectivity index (χ1v) is 7.60. The number of piperazine rings is 1. The van der Waals surface area contributed by atoms with Crippen LogP contribution in [0.2, 0.25) is 0 Å². The van der Waals surface area contributed by atoms with Crippen LogP contribution in [-0.2, 0) is 0 Å². The van der Waals surface area contributed by atoms with E-state index in [1.165, 1.54) is 44.8 Å². The molecule has 2 nitrogen and oxygen atoms in total. The third-order valence-corrected chi connectivity index (χ3v) is 3.90. The zero-order valence-corrected chi connectivity index (χ0v) is 11.3. The predicted molar refractivity (Wildman–Crippen MR) is 70.7 cm³/mol. The van der Waals surface area contributed by atoms with Gasteiger partial charge in [-0.05, 0) is 24.3 Å². The van der Waals surface area contributed by atoms with E-state index in [4.69, 9.17) is 0 Å². The summed E-state index contributed by atoms with van der Waals surface area (Å²) >= 11 is 1.97. The largest absolute Gasteiger partial charge is 0.311 e. The molecule has 3 heteroatoms. The Morgan fingerprint density at radius 2 is 2.33 bits per heavy atom. The highest BCUT2D eigenvalue weighted by atomic mass is 32.2. The van der Waals surface area contributed by atoms with Gasteiger partial charge >= 0.3 is 0 Å². The van der Waals surface area contributed by atoms with Crippen LogP contribution in [0, 0.1) is 5.92 Å². The van der Waals surface area contributed by atoms with Crippen molar-refractivity contribution in [2.75, 3.05) is 38.2 Å². The molecule has 1 saturated heterocycles. The Labute approximate surface area is 99.2 Å². The van der Waals surface area contributed by atoms with Gasteiger partial charge in [-0.25, -0.2) is 0 Å². The van der Waals surface area contributed by atoms with Crippen LogP contribution in [0.25, 0.3) is 0 Å². The number of rotatable bonds is 6. The van der Waals surface area contributed by atoms with Crippen molar-refractivity contribution in [3.8, 4) is 0 Å². The minimum atomic E-state index is 0.741. The molecule has 1 rings (SSSR count). The second-order valence-electron chi connectivity index (χ2n) is 4.76. The van der Waals surface area contributed by atoms with Crippen molar-refractivity contribution in [3.05, 3.63) is 0 Å². The first kappa shape index (κ1) is 13.3. The van der Waals surface area contributed by atoms with E-state index < -0.39 is 0 Å². The molecule has 0 radical (unpaired) electrons. The molecule has 1 aliphatic heterocycles. The molecule has 0 aromatic heterocycles. The van der Waals surface area contributed by atoms with Gasteiger partial charge in [0.15, 0.2) is 0 Å². The first-order chi connectivity index (χ1) is 7.26. The average Bonchev–Trinajstić information content (AvgIpc) is 2.19. The molecule has 0 aromatic rings. The zero-order chi connectivity index (χ0) is 11.1. The maximum Gasteiger partial charge on any atom is 0.0195 e. The van der Waals surface area contributed by atoms with Crippen molar-refractivity contribution in [1.82, 2.24) is 10.2 Å². The van der Waals surface area contributed by atoms with Crippen LogP contribution in [0.1, 0.15) is 26.7 Å². The SMILES string of the molecule is CCCC1CN(CC(C)CSC)CCN1. The molecule has 2 unspecified atom stereocenters. The molecule has 1 fully saturated rings. The van der Waals surface area contributed by atoms with E-state index >= 15 is 0 Å². The summed E-state index contributed by atoms with van der Waals surface area (Å²) in [6, 6.07) is 0.741. The molecule has 2 atom stereocenters. The maximum absolute atomic E-state index is 3.61. The van der Waals surface area contributed by atoms with Gasteiger partial charge in [0, 0.05) is 32.2 Å². The van der Waals surface area contributed by atoms with Crippen LogP contribution in [-0.4, -0.2) is 49.1 Å². The predicted octanol–water partition coefficient (Wildman–Crippen LogP) is 2.06. The van der Waals surface area contributed by atoms with E-state index in [1.54, 1.807) is 0 Å². The summed E-state index contributed by atoms with van der Waals surface area (Å²) in [6.45, 7) is 9.59. The molecular weight excluding hydrogens is 204 g/mol. The Hall–Kier alpha value is 0.270. The lowest BCUT2D eigenvalue weighted by molar-refractivity contribution is 0.177. The molecule has 0 saturated carbocycles. The molecule has 1 N–H and O–H groups in total. The molecule has 1 aliphatic rings. The van der Waals surface area contributed by atoms with Crippen molar-refractivity contribution >= 4 is 11.8 Å². The van der Waals surface area contributed by atoms with E-state index in [-0.39, 0.29) is 0 Å². The van der Waals surface area contributed by atoms with Crippen molar-refractivity contribution in [2.24, 2.45) is 5.92 Å². The number of thioether (sulfide) groups is 1. The van der Waals surface area contributed by atoms with Gasteiger partial charge in [-0.15, -0.1) is 0 Å². The number of hydrogen-bond donors (Lipinski definition) is 1. The monoisotopic (exact) mass is 230 g/mol. The molecule has 0 spiro atoms. The average molecular weight is 230 g/mol. The first-order valence-electron chi connectivity index (χ1n) is 6.21. The van der Waals surface area contributed by atoms with Crippen molar-refractivity contribution in [3.63, 3.8) is 0 Å². The Kier molecular flexibility index (Phi) is 6.69. The molecule has 0 bridgehead atoms. The van der Waals surface area contributed by atoms with Gasteiger partial charge in [-0.3, -0.25) is 0 Å². The van der Waals surface area contributed by atoms with Gasteiger partial charge in [0.2, 0.25) is 0 Å². The molecule has 1 heterocycles. The molecule has 0 aromatic carbocycles. The highest BCUT2D eigenvalue weighted by Gasteiger charge is 2.19. The summed E-state index contributed by atoms with van der Waals surface area (Å²) in [5, 5.41) is 3.61. The van der Waals surface area contributed by atoms with Gasteiger partial charge in [0.25, 0.3) is 0 Å². The lowest BCUT2D eigenvalue weighted by atomic mass is 10.1. The third kappa shape index (κ3) is 5.23. The van der Waals surface area contributed by atoms with Gasteiger partial charge < -0.3 is 10.2 Å². The summed E-state index contributed by atoms with van der Waals surface area (Å²) in [5.74, 6) is 2.13. The molecule has 0 aliphatic carbocycles. The van der Waals surface area contributed by atoms with Crippen LogP contribution in [0.15, 0.2) is 0 Å². The number of hydrogen-bond acceptors (Lipinski definition) is 3. The summed E-state index contributed by atoms with van der Waals surface area (Å²) in [5.41, 5.74) is 0. The summed E-state index contributed by atoms with van der Waals surface area (Å²) in [4.78, 5) is 2.64. The fourth-order valence-electron chi connectivity index (χ4n) is 2.38. The molecule has 0 amide bonds. The number of nitrogens with one attached hydrogen (secondary N) is 1. The van der Waals surface area contributed by atoms with Crippen LogP contribution in [0.5, 0.6) is 0 Å². The minimum Gasteiger partial charge on any atom is -0.311 e. The molecular formula is C12H26N2S. The van der Waals surface area contributed by atoms with Gasteiger partial charge in [-0.2, -0.15) is 11.8 Å².